The van der Waals surface area contributed by atoms with Gasteiger partial charge in [-0.3, -0.25) is 9.48 Å². The number of nitrogen functional groups attached to an aromatic ring is 1. The van der Waals surface area contributed by atoms with Crippen LogP contribution < -0.4 is 11.1 Å². The highest BCUT2D eigenvalue weighted by molar-refractivity contribution is 6.30. The summed E-state index contributed by atoms with van der Waals surface area (Å²) in [4.78, 5) is 11.8. The molecule has 0 aliphatic rings. The van der Waals surface area contributed by atoms with Crippen molar-refractivity contribution >= 4 is 23.3 Å². The molecule has 0 radical (unpaired) electrons. The Bertz CT molecular complexity index is 577. The van der Waals surface area contributed by atoms with E-state index in [0.717, 1.165) is 11.1 Å². The number of nitrogens with two attached hydrogens (primary N) is 1. The molecule has 5 nitrogen and oxygen atoms in total. The lowest BCUT2D eigenvalue weighted by Crippen LogP contribution is -2.24. The summed E-state index contributed by atoms with van der Waals surface area (Å²) < 4.78 is 1.57. The van der Waals surface area contributed by atoms with Gasteiger partial charge in [-0.1, -0.05) is 23.7 Å². The topological polar surface area (TPSA) is 72.9 Å². The van der Waals surface area contributed by atoms with Crippen molar-refractivity contribution in [2.24, 2.45) is 7.05 Å². The van der Waals surface area contributed by atoms with E-state index >= 15 is 0 Å². The van der Waals surface area contributed by atoms with E-state index in [4.69, 9.17) is 17.3 Å². The third kappa shape index (κ3) is 3.48. The number of nitrogens with one attached hydrogen (secondary N) is 1. The summed E-state index contributed by atoms with van der Waals surface area (Å²) in [6, 6.07) is 7.20. The lowest BCUT2D eigenvalue weighted by Gasteiger charge is -2.05. The van der Waals surface area contributed by atoms with Crippen LogP contribution in [0.5, 0.6) is 0 Å². The molecule has 0 unspecified atom stereocenters. The zero-order valence-corrected chi connectivity index (χ0v) is 11.3. The fraction of sp³-hybridized carbons (Fsp3) is 0.231. The van der Waals surface area contributed by atoms with Crippen molar-refractivity contribution in [2.75, 3.05) is 5.73 Å². The van der Waals surface area contributed by atoms with Crippen molar-refractivity contribution < 1.29 is 4.79 Å². The first-order valence-corrected chi connectivity index (χ1v) is 6.21. The Balaban J connectivity index is 1.88. The van der Waals surface area contributed by atoms with Crippen LogP contribution in [0.1, 0.15) is 11.1 Å². The number of rotatable bonds is 4. The van der Waals surface area contributed by atoms with E-state index in [0.29, 0.717) is 23.8 Å². The number of carbonyl (C=O) groups is 1. The minimum atomic E-state index is -0.0643. The molecule has 0 fully saturated rings. The average Bonchev–Trinajstić information content (AvgIpc) is 2.70. The first-order chi connectivity index (χ1) is 9.06. The molecule has 6 heteroatoms. The van der Waals surface area contributed by atoms with Crippen LogP contribution in [0, 0.1) is 0 Å². The van der Waals surface area contributed by atoms with Crippen molar-refractivity contribution in [3.05, 3.63) is 46.6 Å². The second-order valence-electron chi connectivity index (χ2n) is 4.26. The highest BCUT2D eigenvalue weighted by Crippen LogP contribution is 2.11. The van der Waals surface area contributed by atoms with Crippen molar-refractivity contribution in [1.82, 2.24) is 15.1 Å². The smallest absolute Gasteiger partial charge is 0.224 e. The molecule has 1 heterocycles. The van der Waals surface area contributed by atoms with Crippen LogP contribution in [-0.4, -0.2) is 15.7 Å². The molecule has 2 aromatic rings. The van der Waals surface area contributed by atoms with Gasteiger partial charge < -0.3 is 11.1 Å². The summed E-state index contributed by atoms with van der Waals surface area (Å²) in [5.74, 6) is 0.498. The molecule has 2 rings (SSSR count). The van der Waals surface area contributed by atoms with Gasteiger partial charge >= 0.3 is 0 Å². The zero-order chi connectivity index (χ0) is 13.8. The number of hydrogen-bond acceptors (Lipinski definition) is 3. The summed E-state index contributed by atoms with van der Waals surface area (Å²) >= 11 is 5.79. The van der Waals surface area contributed by atoms with Crippen LogP contribution in [0.15, 0.2) is 30.5 Å². The zero-order valence-electron chi connectivity index (χ0n) is 10.6. The van der Waals surface area contributed by atoms with E-state index in [1.165, 1.54) is 0 Å². The number of anilines is 1. The summed E-state index contributed by atoms with van der Waals surface area (Å²) in [6.07, 6.45) is 1.97. The standard InChI is InChI=1S/C13H15ClN4O/c1-18-13(15)10(8-17-18)7-16-12(19)6-9-2-4-11(14)5-3-9/h2-5,8H,6-7,15H2,1H3,(H,16,19). The Morgan fingerprint density at radius 2 is 2.11 bits per heavy atom. The number of aryl methyl sites for hydroxylation is 1. The molecule has 0 saturated heterocycles. The lowest BCUT2D eigenvalue weighted by atomic mass is 10.1. The second-order valence-corrected chi connectivity index (χ2v) is 4.70. The number of halogens is 1. The quantitative estimate of drug-likeness (QED) is 0.890. The van der Waals surface area contributed by atoms with Gasteiger partial charge in [0.05, 0.1) is 12.6 Å². The maximum absolute atomic E-state index is 11.8. The second kappa shape index (κ2) is 5.75. The van der Waals surface area contributed by atoms with Gasteiger partial charge in [-0.2, -0.15) is 5.10 Å². The van der Waals surface area contributed by atoms with Gasteiger partial charge in [0.1, 0.15) is 5.82 Å². The maximum Gasteiger partial charge on any atom is 0.224 e. The fourth-order valence-electron chi connectivity index (χ4n) is 1.67. The van der Waals surface area contributed by atoms with E-state index in [2.05, 4.69) is 10.4 Å². The van der Waals surface area contributed by atoms with E-state index in [-0.39, 0.29) is 5.91 Å². The monoisotopic (exact) mass is 278 g/mol. The van der Waals surface area contributed by atoms with E-state index < -0.39 is 0 Å². The first kappa shape index (κ1) is 13.4. The van der Waals surface area contributed by atoms with Gasteiger partial charge in [-0.05, 0) is 17.7 Å². The summed E-state index contributed by atoms with van der Waals surface area (Å²) in [5.41, 5.74) is 7.52. The molecule has 100 valence electrons. The normalized spacial score (nSPS) is 10.4. The molecule has 0 aliphatic carbocycles. The van der Waals surface area contributed by atoms with Crippen LogP contribution in [0.25, 0.3) is 0 Å². The maximum atomic E-state index is 11.8. The average molecular weight is 279 g/mol. The molecule has 19 heavy (non-hydrogen) atoms. The predicted octanol–water partition coefficient (Wildman–Crippen LogP) is 1.51. The summed E-state index contributed by atoms with van der Waals surface area (Å²) in [6.45, 7) is 0.381. The molecule has 0 spiro atoms. The third-order valence-electron chi connectivity index (χ3n) is 2.82. The lowest BCUT2D eigenvalue weighted by molar-refractivity contribution is -0.120. The summed E-state index contributed by atoms with van der Waals surface area (Å²) in [7, 11) is 1.76. The molecular weight excluding hydrogens is 264 g/mol. The van der Waals surface area contributed by atoms with Gasteiger partial charge in [-0.25, -0.2) is 0 Å². The van der Waals surface area contributed by atoms with E-state index in [9.17, 15) is 4.79 Å². The highest BCUT2D eigenvalue weighted by Gasteiger charge is 2.07. The van der Waals surface area contributed by atoms with Gasteiger partial charge in [0, 0.05) is 24.2 Å². The van der Waals surface area contributed by atoms with Crippen LogP contribution in [0.3, 0.4) is 0 Å². The number of benzene rings is 1. The van der Waals surface area contributed by atoms with Gasteiger partial charge in [0.2, 0.25) is 5.91 Å². The highest BCUT2D eigenvalue weighted by atomic mass is 35.5. The molecule has 1 aromatic heterocycles. The minimum Gasteiger partial charge on any atom is -0.384 e. The Hall–Kier alpha value is -2.01. The molecule has 0 aliphatic heterocycles. The number of aromatic nitrogens is 2. The Labute approximate surface area is 116 Å². The van der Waals surface area contributed by atoms with Gasteiger partial charge in [0.25, 0.3) is 0 Å². The molecule has 1 amide bonds. The van der Waals surface area contributed by atoms with Crippen LogP contribution in [0.2, 0.25) is 5.02 Å². The van der Waals surface area contributed by atoms with Gasteiger partial charge in [0.15, 0.2) is 0 Å². The van der Waals surface area contributed by atoms with Crippen molar-refractivity contribution in [3.63, 3.8) is 0 Å². The van der Waals surface area contributed by atoms with Crippen molar-refractivity contribution in [1.29, 1.82) is 0 Å². The largest absolute Gasteiger partial charge is 0.384 e. The SMILES string of the molecule is Cn1ncc(CNC(=O)Cc2ccc(Cl)cc2)c1N. The summed E-state index contributed by atoms with van der Waals surface area (Å²) in [5, 5.41) is 7.48. The third-order valence-corrected chi connectivity index (χ3v) is 3.07. The number of hydrogen-bond donors (Lipinski definition) is 2. The molecule has 3 N–H and O–H groups in total. The Morgan fingerprint density at radius 1 is 1.42 bits per heavy atom. The predicted molar refractivity (Wildman–Crippen MR) is 74.6 cm³/mol. The number of nitrogens with zero attached hydrogens (tertiary/aromatic N) is 2. The molecule has 1 aromatic carbocycles. The molecular formula is C13H15ClN4O. The number of amides is 1. The number of carbonyl (C=O) groups excluding carboxylic acids is 1. The minimum absolute atomic E-state index is 0.0643. The Kier molecular flexibility index (Phi) is 4.06. The molecule has 0 bridgehead atoms. The molecule has 0 saturated carbocycles. The van der Waals surface area contributed by atoms with Crippen LogP contribution in [0.4, 0.5) is 5.82 Å². The van der Waals surface area contributed by atoms with Crippen molar-refractivity contribution in [2.45, 2.75) is 13.0 Å². The first-order valence-electron chi connectivity index (χ1n) is 5.84. The fourth-order valence-corrected chi connectivity index (χ4v) is 1.80. The van der Waals surface area contributed by atoms with Crippen LogP contribution in [-0.2, 0) is 24.8 Å². The van der Waals surface area contributed by atoms with Crippen LogP contribution >= 0.6 is 11.6 Å². The van der Waals surface area contributed by atoms with E-state index in [1.54, 1.807) is 30.1 Å². The van der Waals surface area contributed by atoms with E-state index in [1.807, 2.05) is 12.1 Å². The molecule has 0 atom stereocenters. The van der Waals surface area contributed by atoms with Crippen molar-refractivity contribution in [3.8, 4) is 0 Å². The van der Waals surface area contributed by atoms with Gasteiger partial charge in [-0.15, -0.1) is 0 Å². The Morgan fingerprint density at radius 3 is 2.68 bits per heavy atom.